The van der Waals surface area contributed by atoms with E-state index in [1.807, 2.05) is 12.1 Å². The Morgan fingerprint density at radius 1 is 1.06 bits per heavy atom. The Bertz CT molecular complexity index is 1190. The van der Waals surface area contributed by atoms with Gasteiger partial charge >= 0.3 is 0 Å². The van der Waals surface area contributed by atoms with Crippen molar-refractivity contribution in [3.63, 3.8) is 0 Å². The van der Waals surface area contributed by atoms with E-state index in [1.54, 1.807) is 18.5 Å². The number of halogens is 2. The SMILES string of the molecule is C=CC(=O)N[C@H]1CNC[C@H]1Nc1cc2cnc(-c3c(Cl)c(OC)cc(OC)c3Cl)cc2cn1. The molecule has 0 saturated carbocycles. The molecule has 33 heavy (non-hydrogen) atoms. The molecule has 10 heteroatoms. The standard InChI is InChI=1S/C23H23Cl2N5O3/c1-4-20(31)30-16-11-26-10-15(16)29-19-6-13-8-27-14(5-12(13)9-28-19)21-22(24)17(32-2)7-18(33-3)23(21)25/h4-9,15-16,26H,1,10-11H2,2-3H3,(H,28,29)(H,30,31)/t15-,16+/m1/s1. The molecule has 1 aromatic carbocycles. The molecular formula is C23H23Cl2N5O3. The first kappa shape index (κ1) is 23.1. The maximum absolute atomic E-state index is 11.7. The van der Waals surface area contributed by atoms with Crippen LogP contribution in [0.3, 0.4) is 0 Å². The number of methoxy groups -OCH3 is 2. The number of carbonyl (C=O) groups is 1. The van der Waals surface area contributed by atoms with E-state index >= 15 is 0 Å². The summed E-state index contributed by atoms with van der Waals surface area (Å²) in [4.78, 5) is 20.8. The van der Waals surface area contributed by atoms with Crippen LogP contribution in [-0.2, 0) is 4.79 Å². The number of carbonyl (C=O) groups excluding carboxylic acids is 1. The Labute approximate surface area is 201 Å². The topological polar surface area (TPSA) is 97.4 Å². The van der Waals surface area contributed by atoms with Gasteiger partial charge in [-0.1, -0.05) is 29.8 Å². The van der Waals surface area contributed by atoms with E-state index in [9.17, 15) is 4.79 Å². The normalized spacial score (nSPS) is 17.6. The third kappa shape index (κ3) is 4.68. The molecule has 2 atom stereocenters. The quantitative estimate of drug-likeness (QED) is 0.437. The van der Waals surface area contributed by atoms with Gasteiger partial charge in [-0.05, 0) is 18.2 Å². The zero-order valence-corrected chi connectivity index (χ0v) is 19.6. The Morgan fingerprint density at radius 3 is 2.36 bits per heavy atom. The number of nitrogens with one attached hydrogen (secondary N) is 3. The highest BCUT2D eigenvalue weighted by molar-refractivity contribution is 6.41. The zero-order valence-electron chi connectivity index (χ0n) is 18.1. The number of aromatic nitrogens is 2. The molecule has 4 rings (SSSR count). The van der Waals surface area contributed by atoms with Crippen LogP contribution in [0.4, 0.5) is 5.82 Å². The Balaban J connectivity index is 1.63. The third-order valence-corrected chi connectivity index (χ3v) is 6.24. The molecular weight excluding hydrogens is 465 g/mol. The van der Waals surface area contributed by atoms with Gasteiger partial charge in [-0.15, -0.1) is 0 Å². The summed E-state index contributed by atoms with van der Waals surface area (Å²) in [5, 5.41) is 12.0. The van der Waals surface area contributed by atoms with E-state index < -0.39 is 0 Å². The number of rotatable bonds is 7. The minimum Gasteiger partial charge on any atom is -0.495 e. The van der Waals surface area contributed by atoms with Gasteiger partial charge in [0.05, 0.1) is 42.0 Å². The lowest BCUT2D eigenvalue weighted by Gasteiger charge is -2.21. The van der Waals surface area contributed by atoms with E-state index in [4.69, 9.17) is 32.7 Å². The van der Waals surface area contributed by atoms with Crippen LogP contribution in [0.2, 0.25) is 10.0 Å². The summed E-state index contributed by atoms with van der Waals surface area (Å²) in [5.41, 5.74) is 1.10. The summed E-state index contributed by atoms with van der Waals surface area (Å²) in [5.74, 6) is 1.36. The first-order chi connectivity index (χ1) is 15.9. The number of nitrogens with zero attached hydrogens (tertiary/aromatic N) is 2. The van der Waals surface area contributed by atoms with E-state index in [-0.39, 0.29) is 18.0 Å². The smallest absolute Gasteiger partial charge is 0.243 e. The Kier molecular flexibility index (Phi) is 6.88. The summed E-state index contributed by atoms with van der Waals surface area (Å²) in [7, 11) is 3.05. The molecule has 3 N–H and O–H groups in total. The molecule has 2 aromatic heterocycles. The number of ether oxygens (including phenoxy) is 2. The fraction of sp³-hybridized carbons (Fsp3) is 0.261. The van der Waals surface area contributed by atoms with Gasteiger partial charge in [0, 0.05) is 47.9 Å². The average Bonchev–Trinajstić information content (AvgIpc) is 3.25. The second-order valence-corrected chi connectivity index (χ2v) is 8.25. The Hall–Kier alpha value is -3.07. The summed E-state index contributed by atoms with van der Waals surface area (Å²) in [6, 6.07) is 5.33. The first-order valence-corrected chi connectivity index (χ1v) is 11.0. The number of hydrogen-bond donors (Lipinski definition) is 3. The van der Waals surface area contributed by atoms with E-state index in [2.05, 4.69) is 32.5 Å². The maximum atomic E-state index is 11.7. The molecule has 1 aliphatic heterocycles. The van der Waals surface area contributed by atoms with Gasteiger partial charge in [0.2, 0.25) is 5.91 Å². The molecule has 172 valence electrons. The van der Waals surface area contributed by atoms with Crippen LogP contribution in [0.1, 0.15) is 0 Å². The van der Waals surface area contributed by atoms with Gasteiger partial charge in [0.1, 0.15) is 17.3 Å². The van der Waals surface area contributed by atoms with E-state index in [0.29, 0.717) is 51.7 Å². The molecule has 0 aliphatic carbocycles. The minimum absolute atomic E-state index is 0.00653. The summed E-state index contributed by atoms with van der Waals surface area (Å²) >= 11 is 13.1. The third-order valence-electron chi connectivity index (χ3n) is 5.49. The molecule has 1 fully saturated rings. The van der Waals surface area contributed by atoms with Crippen molar-refractivity contribution < 1.29 is 14.3 Å². The number of anilines is 1. The molecule has 0 bridgehead atoms. The van der Waals surface area contributed by atoms with Gasteiger partial charge in [-0.25, -0.2) is 4.98 Å². The van der Waals surface area contributed by atoms with Crippen molar-refractivity contribution in [1.82, 2.24) is 20.6 Å². The molecule has 0 spiro atoms. The van der Waals surface area contributed by atoms with E-state index in [1.165, 1.54) is 20.3 Å². The second-order valence-electron chi connectivity index (χ2n) is 7.50. The molecule has 1 saturated heterocycles. The molecule has 3 aromatic rings. The maximum Gasteiger partial charge on any atom is 0.243 e. The van der Waals surface area contributed by atoms with Crippen LogP contribution in [0, 0.1) is 0 Å². The monoisotopic (exact) mass is 487 g/mol. The Morgan fingerprint density at radius 2 is 1.70 bits per heavy atom. The van der Waals surface area contributed by atoms with Crippen LogP contribution in [0.15, 0.2) is 43.2 Å². The molecule has 3 heterocycles. The van der Waals surface area contributed by atoms with Gasteiger partial charge in [0.15, 0.2) is 0 Å². The van der Waals surface area contributed by atoms with E-state index in [0.717, 1.165) is 10.8 Å². The number of pyridine rings is 2. The molecule has 0 unspecified atom stereocenters. The lowest BCUT2D eigenvalue weighted by molar-refractivity contribution is -0.117. The predicted octanol–water partition coefficient (Wildman–Crippen LogP) is 3.68. The second kappa shape index (κ2) is 9.82. The average molecular weight is 488 g/mol. The summed E-state index contributed by atoms with van der Waals surface area (Å²) < 4.78 is 10.7. The van der Waals surface area contributed by atoms with Gasteiger partial charge < -0.3 is 25.4 Å². The fourth-order valence-corrected chi connectivity index (χ4v) is 4.47. The van der Waals surface area contributed by atoms with Crippen LogP contribution in [-0.4, -0.2) is 55.3 Å². The number of hydrogen-bond acceptors (Lipinski definition) is 7. The van der Waals surface area contributed by atoms with Crippen molar-refractivity contribution >= 4 is 45.7 Å². The predicted molar refractivity (Wildman–Crippen MR) is 131 cm³/mol. The van der Waals surface area contributed by atoms with Crippen LogP contribution in [0.5, 0.6) is 11.5 Å². The van der Waals surface area contributed by atoms with Crippen LogP contribution < -0.4 is 25.4 Å². The molecule has 0 radical (unpaired) electrons. The van der Waals surface area contributed by atoms with Crippen molar-refractivity contribution in [3.05, 3.63) is 53.3 Å². The fourth-order valence-electron chi connectivity index (χ4n) is 3.78. The molecule has 1 amide bonds. The number of benzene rings is 1. The summed E-state index contributed by atoms with van der Waals surface area (Å²) in [6.45, 7) is 4.87. The van der Waals surface area contributed by atoms with Crippen LogP contribution in [0.25, 0.3) is 22.0 Å². The van der Waals surface area contributed by atoms with Gasteiger partial charge in [0.25, 0.3) is 0 Å². The highest BCUT2D eigenvalue weighted by atomic mass is 35.5. The first-order valence-electron chi connectivity index (χ1n) is 10.2. The lowest BCUT2D eigenvalue weighted by Crippen LogP contribution is -2.45. The highest BCUT2D eigenvalue weighted by Gasteiger charge is 2.28. The highest BCUT2D eigenvalue weighted by Crippen LogP contribution is 2.45. The minimum atomic E-state index is -0.204. The molecule has 1 aliphatic rings. The zero-order chi connectivity index (χ0) is 23.5. The number of fused-ring (bicyclic) bond motifs is 1. The number of amides is 1. The van der Waals surface area contributed by atoms with Crippen molar-refractivity contribution in [2.45, 2.75) is 12.1 Å². The van der Waals surface area contributed by atoms with Crippen molar-refractivity contribution in [2.24, 2.45) is 0 Å². The molecule has 8 nitrogen and oxygen atoms in total. The van der Waals surface area contributed by atoms with Crippen molar-refractivity contribution in [2.75, 3.05) is 32.6 Å². The van der Waals surface area contributed by atoms with Crippen LogP contribution >= 0.6 is 23.2 Å². The van der Waals surface area contributed by atoms with Gasteiger partial charge in [-0.3, -0.25) is 9.78 Å². The lowest BCUT2D eigenvalue weighted by atomic mass is 10.1. The van der Waals surface area contributed by atoms with Crippen molar-refractivity contribution in [1.29, 1.82) is 0 Å². The summed E-state index contributed by atoms with van der Waals surface area (Å²) in [6.07, 6.45) is 4.76. The largest absolute Gasteiger partial charge is 0.495 e. The van der Waals surface area contributed by atoms with Crippen molar-refractivity contribution in [3.8, 4) is 22.8 Å². The van der Waals surface area contributed by atoms with Gasteiger partial charge in [-0.2, -0.15) is 0 Å².